The first-order valence-electron chi connectivity index (χ1n) is 8.18. The summed E-state index contributed by atoms with van der Waals surface area (Å²) in [5.74, 6) is 0.699. The third-order valence-corrected chi connectivity index (χ3v) is 4.26. The van der Waals surface area contributed by atoms with Crippen LogP contribution in [0.2, 0.25) is 0 Å². The minimum Gasteiger partial charge on any atom is -0.381 e. The minimum absolute atomic E-state index is 0.613. The van der Waals surface area contributed by atoms with E-state index in [1.54, 1.807) is 0 Å². The molecular weight excluding hydrogens is 260 g/mol. The number of hydrogen-bond acceptors (Lipinski definition) is 3. The molecule has 3 heteroatoms. The predicted octanol–water partition coefficient (Wildman–Crippen LogP) is 3.36. The van der Waals surface area contributed by atoms with Crippen LogP contribution in [0.25, 0.3) is 0 Å². The fourth-order valence-corrected chi connectivity index (χ4v) is 3.00. The fourth-order valence-electron chi connectivity index (χ4n) is 3.00. The average molecular weight is 290 g/mol. The van der Waals surface area contributed by atoms with E-state index in [1.165, 1.54) is 16.8 Å². The van der Waals surface area contributed by atoms with Crippen LogP contribution in [0.3, 0.4) is 0 Å². The van der Waals surface area contributed by atoms with E-state index in [2.05, 4.69) is 56.2 Å². The molecule has 21 heavy (non-hydrogen) atoms. The van der Waals surface area contributed by atoms with E-state index in [1.807, 2.05) is 0 Å². The second kappa shape index (κ2) is 7.81. The highest BCUT2D eigenvalue weighted by atomic mass is 16.5. The van der Waals surface area contributed by atoms with Gasteiger partial charge in [0, 0.05) is 38.5 Å². The maximum Gasteiger partial charge on any atom is 0.0485 e. The predicted molar refractivity (Wildman–Crippen MR) is 90.0 cm³/mol. The zero-order chi connectivity index (χ0) is 15.2. The largest absolute Gasteiger partial charge is 0.381 e. The maximum absolute atomic E-state index is 5.46. The zero-order valence-electron chi connectivity index (χ0n) is 14.0. The lowest BCUT2D eigenvalue weighted by molar-refractivity contribution is 0.0854. The molecule has 1 aliphatic rings. The maximum atomic E-state index is 5.46. The Balaban J connectivity index is 1.97. The summed E-state index contributed by atoms with van der Waals surface area (Å²) in [4.78, 5) is 2.43. The standard InChI is InChI=1S/C18H30N2O/c1-14(2)12-19-13-16-5-6-18(15(3)11-16)20(4)17-7-9-21-10-8-17/h5-6,11,14,17,19H,7-10,12-13H2,1-4H3. The molecule has 118 valence electrons. The molecule has 0 amide bonds. The van der Waals surface area contributed by atoms with Gasteiger partial charge in [0.1, 0.15) is 0 Å². The van der Waals surface area contributed by atoms with Crippen molar-refractivity contribution >= 4 is 5.69 Å². The third-order valence-electron chi connectivity index (χ3n) is 4.26. The molecule has 0 aromatic heterocycles. The van der Waals surface area contributed by atoms with Crippen molar-refractivity contribution in [2.24, 2.45) is 5.92 Å². The third kappa shape index (κ3) is 4.72. The Morgan fingerprint density at radius 3 is 2.62 bits per heavy atom. The van der Waals surface area contributed by atoms with E-state index in [0.29, 0.717) is 12.0 Å². The van der Waals surface area contributed by atoms with Crippen LogP contribution in [0.1, 0.15) is 37.8 Å². The summed E-state index contributed by atoms with van der Waals surface area (Å²) in [7, 11) is 2.22. The Morgan fingerprint density at radius 2 is 2.00 bits per heavy atom. The van der Waals surface area contributed by atoms with Crippen molar-refractivity contribution in [3.05, 3.63) is 29.3 Å². The molecule has 0 radical (unpaired) electrons. The van der Waals surface area contributed by atoms with Crippen LogP contribution in [-0.4, -0.2) is 32.8 Å². The molecule has 0 bridgehead atoms. The van der Waals surface area contributed by atoms with Gasteiger partial charge in [0.2, 0.25) is 0 Å². The van der Waals surface area contributed by atoms with Crippen molar-refractivity contribution in [2.75, 3.05) is 31.7 Å². The topological polar surface area (TPSA) is 24.5 Å². The molecule has 1 heterocycles. The molecule has 0 spiro atoms. The van der Waals surface area contributed by atoms with Gasteiger partial charge in [-0.25, -0.2) is 0 Å². The van der Waals surface area contributed by atoms with Crippen LogP contribution < -0.4 is 10.2 Å². The van der Waals surface area contributed by atoms with Crippen molar-refractivity contribution in [1.82, 2.24) is 5.32 Å². The number of rotatable bonds is 6. The first-order chi connectivity index (χ1) is 10.1. The van der Waals surface area contributed by atoms with E-state index in [-0.39, 0.29) is 0 Å². The molecule has 0 saturated carbocycles. The van der Waals surface area contributed by atoms with Crippen LogP contribution in [0.4, 0.5) is 5.69 Å². The summed E-state index contributed by atoms with van der Waals surface area (Å²) in [5.41, 5.74) is 4.10. The second-order valence-electron chi connectivity index (χ2n) is 6.60. The Morgan fingerprint density at radius 1 is 1.29 bits per heavy atom. The summed E-state index contributed by atoms with van der Waals surface area (Å²) in [6.07, 6.45) is 2.27. The van der Waals surface area contributed by atoms with Crippen LogP contribution in [0.5, 0.6) is 0 Å². The highest BCUT2D eigenvalue weighted by Gasteiger charge is 2.19. The number of hydrogen-bond donors (Lipinski definition) is 1. The quantitative estimate of drug-likeness (QED) is 0.869. The van der Waals surface area contributed by atoms with E-state index >= 15 is 0 Å². The van der Waals surface area contributed by atoms with Gasteiger partial charge in [-0.1, -0.05) is 26.0 Å². The Bertz CT molecular complexity index is 439. The van der Waals surface area contributed by atoms with Gasteiger partial charge in [-0.05, 0) is 49.4 Å². The smallest absolute Gasteiger partial charge is 0.0485 e. The second-order valence-corrected chi connectivity index (χ2v) is 6.60. The fraction of sp³-hybridized carbons (Fsp3) is 0.667. The van der Waals surface area contributed by atoms with Gasteiger partial charge in [0.05, 0.1) is 0 Å². The summed E-state index contributed by atoms with van der Waals surface area (Å²) < 4.78 is 5.46. The van der Waals surface area contributed by atoms with E-state index < -0.39 is 0 Å². The highest BCUT2D eigenvalue weighted by Crippen LogP contribution is 2.25. The van der Waals surface area contributed by atoms with Gasteiger partial charge in [-0.2, -0.15) is 0 Å². The number of ether oxygens (including phenoxy) is 1. The minimum atomic E-state index is 0.613. The van der Waals surface area contributed by atoms with Crippen molar-refractivity contribution in [3.8, 4) is 0 Å². The molecule has 1 N–H and O–H groups in total. The first-order valence-corrected chi connectivity index (χ1v) is 8.18. The molecular formula is C18H30N2O. The van der Waals surface area contributed by atoms with Crippen LogP contribution >= 0.6 is 0 Å². The molecule has 0 aliphatic carbocycles. The number of nitrogens with one attached hydrogen (secondary N) is 1. The van der Waals surface area contributed by atoms with E-state index in [9.17, 15) is 0 Å². The van der Waals surface area contributed by atoms with E-state index in [4.69, 9.17) is 4.74 Å². The van der Waals surface area contributed by atoms with Crippen molar-refractivity contribution in [3.63, 3.8) is 0 Å². The van der Waals surface area contributed by atoms with Gasteiger partial charge in [-0.3, -0.25) is 0 Å². The van der Waals surface area contributed by atoms with Gasteiger partial charge in [0.25, 0.3) is 0 Å². The lowest BCUT2D eigenvalue weighted by Crippen LogP contribution is -2.37. The Labute approximate surface area is 129 Å². The summed E-state index contributed by atoms with van der Waals surface area (Å²) in [6.45, 7) is 10.5. The first kappa shape index (κ1) is 16.3. The Hall–Kier alpha value is -1.06. The van der Waals surface area contributed by atoms with Crippen LogP contribution in [-0.2, 0) is 11.3 Å². The summed E-state index contributed by atoms with van der Waals surface area (Å²) in [5, 5.41) is 3.51. The van der Waals surface area contributed by atoms with Crippen molar-refractivity contribution in [2.45, 2.75) is 46.2 Å². The molecule has 2 rings (SSSR count). The van der Waals surface area contributed by atoms with Crippen LogP contribution in [0, 0.1) is 12.8 Å². The monoisotopic (exact) mass is 290 g/mol. The SMILES string of the molecule is Cc1cc(CNCC(C)C)ccc1N(C)C1CCOCC1. The molecule has 0 unspecified atom stereocenters. The number of benzene rings is 1. The molecule has 1 aliphatic heterocycles. The lowest BCUT2D eigenvalue weighted by atomic mass is 10.0. The normalized spacial score (nSPS) is 16.4. The van der Waals surface area contributed by atoms with Gasteiger partial charge in [0.15, 0.2) is 0 Å². The average Bonchev–Trinajstić information content (AvgIpc) is 2.47. The Kier molecular flexibility index (Phi) is 6.07. The van der Waals surface area contributed by atoms with Crippen LogP contribution in [0.15, 0.2) is 18.2 Å². The van der Waals surface area contributed by atoms with Crippen molar-refractivity contribution < 1.29 is 4.74 Å². The molecule has 3 nitrogen and oxygen atoms in total. The summed E-state index contributed by atoms with van der Waals surface area (Å²) >= 11 is 0. The molecule has 0 atom stereocenters. The molecule has 1 aromatic rings. The molecule has 1 fully saturated rings. The highest BCUT2D eigenvalue weighted by molar-refractivity contribution is 5.54. The lowest BCUT2D eigenvalue weighted by Gasteiger charge is -2.34. The zero-order valence-corrected chi connectivity index (χ0v) is 14.0. The number of anilines is 1. The van der Waals surface area contributed by atoms with Gasteiger partial charge in [-0.15, -0.1) is 0 Å². The van der Waals surface area contributed by atoms with E-state index in [0.717, 1.165) is 39.1 Å². The molecule has 1 saturated heterocycles. The van der Waals surface area contributed by atoms with Gasteiger partial charge >= 0.3 is 0 Å². The number of aryl methyl sites for hydroxylation is 1. The summed E-state index contributed by atoms with van der Waals surface area (Å²) in [6, 6.07) is 7.46. The van der Waals surface area contributed by atoms with Crippen molar-refractivity contribution in [1.29, 1.82) is 0 Å². The number of nitrogens with zero attached hydrogens (tertiary/aromatic N) is 1. The molecule has 1 aromatic carbocycles. The van der Waals surface area contributed by atoms with Gasteiger partial charge < -0.3 is 15.0 Å².